The van der Waals surface area contributed by atoms with E-state index in [1.807, 2.05) is 11.0 Å². The molecule has 2 aliphatic rings. The third-order valence-electron chi connectivity index (χ3n) is 5.65. The molecule has 1 N–H and O–H groups in total. The predicted octanol–water partition coefficient (Wildman–Crippen LogP) is 1.88. The Morgan fingerprint density at radius 1 is 1.33 bits per heavy atom. The van der Waals surface area contributed by atoms with E-state index in [1.54, 1.807) is 13.2 Å². The summed E-state index contributed by atoms with van der Waals surface area (Å²) in [6, 6.07) is 6.74. The Balaban J connectivity index is 0.000000817. The first-order valence-electron chi connectivity index (χ1n) is 9.18. The lowest BCUT2D eigenvalue weighted by Gasteiger charge is -2.40. The van der Waals surface area contributed by atoms with Gasteiger partial charge in [0, 0.05) is 26.2 Å². The average molecular weight is 380 g/mol. The molecular weight excluding hydrogens is 351 g/mol. The highest BCUT2D eigenvalue weighted by Gasteiger charge is 2.44. The summed E-state index contributed by atoms with van der Waals surface area (Å²) in [5, 5.41) is 6.89. The van der Waals surface area contributed by atoms with Crippen LogP contribution < -0.4 is 0 Å². The second-order valence-electron chi connectivity index (χ2n) is 7.51. The van der Waals surface area contributed by atoms with Crippen molar-refractivity contribution in [2.75, 3.05) is 34.3 Å². The van der Waals surface area contributed by atoms with Crippen LogP contribution in [0.25, 0.3) is 0 Å². The summed E-state index contributed by atoms with van der Waals surface area (Å²) in [6.45, 7) is 1.37. The van der Waals surface area contributed by atoms with Crippen molar-refractivity contribution in [3.63, 3.8) is 0 Å². The minimum Gasteiger partial charge on any atom is -0.483 e. The van der Waals surface area contributed by atoms with Crippen LogP contribution in [0.15, 0.2) is 24.3 Å². The van der Waals surface area contributed by atoms with E-state index in [0.29, 0.717) is 17.9 Å². The van der Waals surface area contributed by atoms with E-state index in [-0.39, 0.29) is 30.7 Å². The highest BCUT2D eigenvalue weighted by molar-refractivity contribution is 5.79. The Morgan fingerprint density at radius 3 is 2.52 bits per heavy atom. The quantitative estimate of drug-likeness (QED) is 0.808. The van der Waals surface area contributed by atoms with E-state index in [2.05, 4.69) is 19.0 Å². The fraction of sp³-hybridized carbons (Fsp3) is 0.600. The maximum Gasteiger partial charge on any atom is 0.290 e. The lowest BCUT2D eigenvalue weighted by Crippen LogP contribution is -2.47. The molecule has 1 saturated carbocycles. The molecule has 4 atom stereocenters. The Morgan fingerprint density at radius 2 is 1.96 bits per heavy atom. The third-order valence-corrected chi connectivity index (χ3v) is 5.65. The van der Waals surface area contributed by atoms with E-state index in [1.165, 1.54) is 12.1 Å². The number of hydrogen-bond donors (Lipinski definition) is 1. The number of likely N-dealkylation sites (N-methyl/N-ethyl adjacent to an activating group) is 1. The monoisotopic (exact) mass is 380 g/mol. The molecule has 0 spiro atoms. The molecule has 1 amide bonds. The maximum atomic E-state index is 13.3. The highest BCUT2D eigenvalue weighted by Crippen LogP contribution is 2.38. The molecular formula is C20H29FN2O4. The van der Waals surface area contributed by atoms with Gasteiger partial charge in [0.2, 0.25) is 5.91 Å². The molecule has 2 fully saturated rings. The van der Waals surface area contributed by atoms with Gasteiger partial charge in [0.15, 0.2) is 0 Å². The molecule has 1 heterocycles. The molecule has 1 saturated heterocycles. The molecule has 1 aliphatic carbocycles. The number of carbonyl (C=O) groups is 2. The topological polar surface area (TPSA) is 70.1 Å². The number of methoxy groups -OCH3 is 1. The summed E-state index contributed by atoms with van der Waals surface area (Å²) in [6.07, 6.45) is 2.59. The molecule has 150 valence electrons. The molecule has 1 aromatic rings. The van der Waals surface area contributed by atoms with Crippen molar-refractivity contribution in [2.24, 2.45) is 11.8 Å². The molecule has 3 rings (SSSR count). The van der Waals surface area contributed by atoms with Crippen molar-refractivity contribution >= 4 is 12.4 Å². The summed E-state index contributed by atoms with van der Waals surface area (Å²) in [5.74, 6) is 0.875. The number of hydrogen-bond acceptors (Lipinski definition) is 4. The average Bonchev–Trinajstić information content (AvgIpc) is 3.04. The minimum absolute atomic E-state index is 0.102. The lowest BCUT2D eigenvalue weighted by atomic mass is 9.77. The number of carboxylic acid groups (broad SMARTS) is 1. The number of fused-ring (bicyclic) bond motifs is 1. The van der Waals surface area contributed by atoms with Gasteiger partial charge in [0.1, 0.15) is 5.82 Å². The van der Waals surface area contributed by atoms with Crippen LogP contribution in [-0.4, -0.2) is 73.7 Å². The number of amides is 1. The largest absolute Gasteiger partial charge is 0.483 e. The van der Waals surface area contributed by atoms with Crippen LogP contribution in [-0.2, 0) is 20.7 Å². The van der Waals surface area contributed by atoms with Gasteiger partial charge in [-0.1, -0.05) is 12.1 Å². The van der Waals surface area contributed by atoms with E-state index >= 15 is 0 Å². The normalized spacial score (nSPS) is 26.9. The fourth-order valence-corrected chi connectivity index (χ4v) is 4.32. The molecule has 0 unspecified atom stereocenters. The lowest BCUT2D eigenvalue weighted by molar-refractivity contribution is -0.129. The van der Waals surface area contributed by atoms with Gasteiger partial charge in [-0.05, 0) is 56.5 Å². The first kappa shape index (κ1) is 21.3. The Hall–Kier alpha value is -1.99. The standard InChI is InChI=1S/C19H27FN2O2.CH2O2/c1-21(2)17-9-14-11-22(12-15(14)10-18(17)24-3)19(23)8-13-5-4-6-16(20)7-13;2-1-3/h4-7,14-15,17-18H,8-12H2,1-3H3;1H,(H,2,3)/t14-,15+,17-,18-;/m1./s1. The molecule has 1 aromatic carbocycles. The number of carbonyl (C=O) groups excluding carboxylic acids is 1. The van der Waals surface area contributed by atoms with Crippen LogP contribution in [0.5, 0.6) is 0 Å². The van der Waals surface area contributed by atoms with E-state index in [0.717, 1.165) is 31.5 Å². The molecule has 27 heavy (non-hydrogen) atoms. The van der Waals surface area contributed by atoms with Crippen LogP contribution in [0.4, 0.5) is 4.39 Å². The van der Waals surface area contributed by atoms with Gasteiger partial charge in [-0.25, -0.2) is 4.39 Å². The van der Waals surface area contributed by atoms with Crippen molar-refractivity contribution in [2.45, 2.75) is 31.4 Å². The summed E-state index contributed by atoms with van der Waals surface area (Å²) < 4.78 is 19.0. The van der Waals surface area contributed by atoms with Crippen molar-refractivity contribution in [1.29, 1.82) is 0 Å². The second-order valence-corrected chi connectivity index (χ2v) is 7.51. The van der Waals surface area contributed by atoms with Crippen molar-refractivity contribution in [3.05, 3.63) is 35.6 Å². The number of likely N-dealkylation sites (tertiary alicyclic amines) is 1. The zero-order valence-corrected chi connectivity index (χ0v) is 16.2. The highest BCUT2D eigenvalue weighted by atomic mass is 19.1. The zero-order valence-electron chi connectivity index (χ0n) is 16.2. The summed E-state index contributed by atoms with van der Waals surface area (Å²) in [5.41, 5.74) is 0.746. The third kappa shape index (κ3) is 5.49. The number of halogens is 1. The van der Waals surface area contributed by atoms with Gasteiger partial charge in [-0.15, -0.1) is 0 Å². The SMILES string of the molecule is CO[C@@H]1C[C@H]2CN(C(=O)Cc3cccc(F)c3)C[C@H]2C[C@H]1N(C)C.O=CO. The van der Waals surface area contributed by atoms with E-state index < -0.39 is 0 Å². The minimum atomic E-state index is -0.285. The first-order chi connectivity index (χ1) is 12.9. The number of rotatable bonds is 4. The van der Waals surface area contributed by atoms with Crippen molar-refractivity contribution < 1.29 is 23.8 Å². The Bertz CT molecular complexity index is 640. The van der Waals surface area contributed by atoms with Gasteiger partial charge < -0.3 is 19.6 Å². The van der Waals surface area contributed by atoms with Crippen molar-refractivity contribution in [3.8, 4) is 0 Å². The smallest absolute Gasteiger partial charge is 0.290 e. The Labute approximate surface area is 159 Å². The molecule has 0 bridgehead atoms. The zero-order chi connectivity index (χ0) is 20.0. The van der Waals surface area contributed by atoms with Gasteiger partial charge in [0.05, 0.1) is 12.5 Å². The maximum absolute atomic E-state index is 13.3. The van der Waals surface area contributed by atoms with E-state index in [9.17, 15) is 9.18 Å². The van der Waals surface area contributed by atoms with Crippen LogP contribution in [0.3, 0.4) is 0 Å². The molecule has 1 aliphatic heterocycles. The molecule has 0 aromatic heterocycles. The summed E-state index contributed by atoms with van der Waals surface area (Å²) in [4.78, 5) is 25.2. The first-order valence-corrected chi connectivity index (χ1v) is 9.18. The van der Waals surface area contributed by atoms with E-state index in [4.69, 9.17) is 14.6 Å². The predicted molar refractivity (Wildman–Crippen MR) is 99.9 cm³/mol. The Kier molecular flexibility index (Phi) is 7.74. The number of nitrogens with zero attached hydrogens (tertiary/aromatic N) is 2. The number of ether oxygens (including phenoxy) is 1. The summed E-state index contributed by atoms with van der Waals surface area (Å²) in [7, 11) is 5.97. The van der Waals surface area contributed by atoms with Gasteiger partial charge in [-0.3, -0.25) is 9.59 Å². The van der Waals surface area contributed by atoms with Crippen LogP contribution >= 0.6 is 0 Å². The van der Waals surface area contributed by atoms with Crippen LogP contribution in [0, 0.1) is 17.7 Å². The van der Waals surface area contributed by atoms with Crippen molar-refractivity contribution in [1.82, 2.24) is 9.80 Å². The van der Waals surface area contributed by atoms with Gasteiger partial charge in [-0.2, -0.15) is 0 Å². The molecule has 0 radical (unpaired) electrons. The molecule has 7 heteroatoms. The fourth-order valence-electron chi connectivity index (χ4n) is 4.32. The van der Waals surface area contributed by atoms with Crippen LogP contribution in [0.2, 0.25) is 0 Å². The van der Waals surface area contributed by atoms with Gasteiger partial charge in [0.25, 0.3) is 6.47 Å². The molecule has 6 nitrogen and oxygen atoms in total. The number of benzene rings is 1. The second kappa shape index (κ2) is 9.80. The van der Waals surface area contributed by atoms with Crippen LogP contribution in [0.1, 0.15) is 18.4 Å². The summed E-state index contributed by atoms with van der Waals surface area (Å²) >= 11 is 0. The van der Waals surface area contributed by atoms with Gasteiger partial charge >= 0.3 is 0 Å².